The molecule has 1 aromatic rings. The Morgan fingerprint density at radius 1 is 1.38 bits per heavy atom. The van der Waals surface area contributed by atoms with Crippen LogP contribution in [0.2, 0.25) is 10.0 Å². The number of phenols is 1. The molecular weight excluding hydrogens is 375 g/mol. The molecule has 0 bridgehead atoms. The van der Waals surface area contributed by atoms with E-state index in [4.69, 9.17) is 33.7 Å². The van der Waals surface area contributed by atoms with Gasteiger partial charge in [0, 0.05) is 23.6 Å². The van der Waals surface area contributed by atoms with Crippen molar-refractivity contribution in [2.45, 2.75) is 38.3 Å². The van der Waals surface area contributed by atoms with Crippen molar-refractivity contribution in [3.8, 4) is 5.75 Å². The number of halogens is 3. The number of rotatable bonds is 2. The van der Waals surface area contributed by atoms with Crippen LogP contribution in [-0.4, -0.2) is 29.3 Å². The molecule has 3 unspecified atom stereocenters. The van der Waals surface area contributed by atoms with Gasteiger partial charge in [-0.2, -0.15) is 0 Å². The molecule has 0 spiro atoms. The first-order valence-electron chi connectivity index (χ1n) is 7.59. The van der Waals surface area contributed by atoms with Crippen molar-refractivity contribution < 1.29 is 14.6 Å². The Kier molecular flexibility index (Phi) is 5.34. The minimum atomic E-state index is -1.02. The molecule has 2 fully saturated rings. The van der Waals surface area contributed by atoms with Crippen LogP contribution in [0.1, 0.15) is 26.7 Å². The topological polar surface area (TPSA) is 84.6 Å². The number of carbonyl (C=O) groups excluding carboxylic acids is 1. The molecule has 8 heteroatoms. The number of anilines is 1. The van der Waals surface area contributed by atoms with Gasteiger partial charge in [0.25, 0.3) is 0 Å². The predicted molar refractivity (Wildman–Crippen MR) is 97.2 cm³/mol. The van der Waals surface area contributed by atoms with Crippen LogP contribution in [0.15, 0.2) is 12.1 Å². The first-order valence-corrected chi connectivity index (χ1v) is 8.35. The van der Waals surface area contributed by atoms with Crippen molar-refractivity contribution in [3.63, 3.8) is 0 Å². The number of hydrogen-bond donors (Lipinski definition) is 3. The number of amides is 1. The molecule has 1 aliphatic heterocycles. The van der Waals surface area contributed by atoms with E-state index in [2.05, 4.69) is 5.32 Å². The summed E-state index contributed by atoms with van der Waals surface area (Å²) in [7, 11) is 0. The van der Waals surface area contributed by atoms with E-state index >= 15 is 0 Å². The van der Waals surface area contributed by atoms with Gasteiger partial charge in [0.15, 0.2) is 5.75 Å². The summed E-state index contributed by atoms with van der Waals surface area (Å²) in [4.78, 5) is 12.9. The van der Waals surface area contributed by atoms with Gasteiger partial charge in [-0.25, -0.2) is 0 Å². The Bertz CT molecular complexity index is 645. The molecule has 1 saturated heterocycles. The van der Waals surface area contributed by atoms with Crippen LogP contribution >= 0.6 is 35.6 Å². The molecule has 3 atom stereocenters. The highest BCUT2D eigenvalue weighted by atomic mass is 35.5. The van der Waals surface area contributed by atoms with E-state index in [1.54, 1.807) is 0 Å². The van der Waals surface area contributed by atoms with Gasteiger partial charge in [-0.15, -0.1) is 12.4 Å². The number of carbonyl (C=O) groups is 1. The minimum absolute atomic E-state index is 0. The average molecular weight is 396 g/mol. The highest BCUT2D eigenvalue weighted by molar-refractivity contribution is 6.37. The lowest BCUT2D eigenvalue weighted by atomic mass is 9.46. The monoisotopic (exact) mass is 394 g/mol. The summed E-state index contributed by atoms with van der Waals surface area (Å²) in [6.45, 7) is 4.62. The van der Waals surface area contributed by atoms with Crippen LogP contribution in [0.25, 0.3) is 0 Å². The minimum Gasteiger partial charge on any atom is -0.505 e. The Hall–Kier alpha value is -0.720. The van der Waals surface area contributed by atoms with E-state index in [1.807, 2.05) is 13.8 Å². The summed E-state index contributed by atoms with van der Waals surface area (Å²) < 4.78 is 5.81. The van der Waals surface area contributed by atoms with Crippen molar-refractivity contribution >= 4 is 47.2 Å². The lowest BCUT2D eigenvalue weighted by Crippen LogP contribution is -2.81. The zero-order valence-corrected chi connectivity index (χ0v) is 15.8. The van der Waals surface area contributed by atoms with Gasteiger partial charge >= 0.3 is 0 Å². The van der Waals surface area contributed by atoms with Gasteiger partial charge in [0.2, 0.25) is 5.91 Å². The highest BCUT2D eigenvalue weighted by Crippen LogP contribution is 2.57. The van der Waals surface area contributed by atoms with Crippen LogP contribution in [-0.2, 0) is 9.53 Å². The van der Waals surface area contributed by atoms with Crippen molar-refractivity contribution in [3.05, 3.63) is 22.2 Å². The summed E-state index contributed by atoms with van der Waals surface area (Å²) >= 11 is 11.8. The van der Waals surface area contributed by atoms with Crippen molar-refractivity contribution in [2.75, 3.05) is 11.9 Å². The molecule has 3 rings (SSSR count). The molecule has 0 radical (unpaired) electrons. The molecule has 134 valence electrons. The van der Waals surface area contributed by atoms with E-state index in [1.165, 1.54) is 12.1 Å². The summed E-state index contributed by atoms with van der Waals surface area (Å²) in [5.74, 6) is -0.500. The van der Waals surface area contributed by atoms with Crippen LogP contribution in [0, 0.1) is 11.3 Å². The Labute approximate surface area is 157 Å². The van der Waals surface area contributed by atoms with E-state index in [0.29, 0.717) is 12.3 Å². The maximum absolute atomic E-state index is 12.9. The molecule has 1 saturated carbocycles. The predicted octanol–water partition coefficient (Wildman–Crippen LogP) is 3.59. The highest BCUT2D eigenvalue weighted by Gasteiger charge is 2.70. The second-order valence-corrected chi connectivity index (χ2v) is 7.69. The number of aromatic hydroxyl groups is 1. The third kappa shape index (κ3) is 2.67. The quantitative estimate of drug-likeness (QED) is 0.668. The molecule has 0 aromatic heterocycles. The molecule has 1 heterocycles. The molecule has 1 aromatic carbocycles. The lowest BCUT2D eigenvalue weighted by Gasteiger charge is -2.65. The SMILES string of the molecule is CC1(C)C2OCCCC2C1(N)C(=O)Nc1cc(Cl)c(O)c(Cl)c1.Cl. The maximum atomic E-state index is 12.9. The third-order valence-corrected chi connectivity index (χ3v) is 5.91. The van der Waals surface area contributed by atoms with E-state index < -0.39 is 11.0 Å². The molecular formula is C16H21Cl3N2O3. The summed E-state index contributed by atoms with van der Waals surface area (Å²) in [5.41, 5.74) is 5.45. The summed E-state index contributed by atoms with van der Waals surface area (Å²) in [5, 5.41) is 12.5. The van der Waals surface area contributed by atoms with Crippen LogP contribution in [0.5, 0.6) is 5.75 Å². The van der Waals surface area contributed by atoms with Gasteiger partial charge in [0.05, 0.1) is 16.1 Å². The number of nitrogens with two attached hydrogens (primary N) is 1. The Morgan fingerprint density at radius 3 is 2.54 bits per heavy atom. The largest absolute Gasteiger partial charge is 0.505 e. The first kappa shape index (κ1) is 19.6. The zero-order valence-electron chi connectivity index (χ0n) is 13.4. The van der Waals surface area contributed by atoms with E-state index in [-0.39, 0.29) is 46.1 Å². The second kappa shape index (κ2) is 6.54. The summed E-state index contributed by atoms with van der Waals surface area (Å²) in [6, 6.07) is 2.90. The number of hydrogen-bond acceptors (Lipinski definition) is 4. The van der Waals surface area contributed by atoms with Crippen molar-refractivity contribution in [1.29, 1.82) is 0 Å². The third-order valence-electron chi connectivity index (χ3n) is 5.34. The van der Waals surface area contributed by atoms with Gasteiger partial charge in [0.1, 0.15) is 5.54 Å². The van der Waals surface area contributed by atoms with Crippen LogP contribution in [0.3, 0.4) is 0 Å². The van der Waals surface area contributed by atoms with Gasteiger partial charge in [-0.3, -0.25) is 4.79 Å². The van der Waals surface area contributed by atoms with Gasteiger partial charge in [-0.05, 0) is 25.0 Å². The fourth-order valence-corrected chi connectivity index (χ4v) is 4.40. The van der Waals surface area contributed by atoms with E-state index in [0.717, 1.165) is 12.8 Å². The fraction of sp³-hybridized carbons (Fsp3) is 0.562. The number of benzene rings is 1. The molecule has 2 aliphatic rings. The maximum Gasteiger partial charge on any atom is 0.245 e. The average Bonchev–Trinajstić information content (AvgIpc) is 2.51. The number of ether oxygens (including phenoxy) is 1. The number of fused-ring (bicyclic) bond motifs is 1. The summed E-state index contributed by atoms with van der Waals surface area (Å²) in [6.07, 6.45) is 1.77. The Morgan fingerprint density at radius 2 is 1.96 bits per heavy atom. The molecule has 1 aliphatic carbocycles. The molecule has 5 nitrogen and oxygen atoms in total. The molecule has 24 heavy (non-hydrogen) atoms. The van der Waals surface area contributed by atoms with E-state index in [9.17, 15) is 9.90 Å². The van der Waals surface area contributed by atoms with Crippen LogP contribution in [0.4, 0.5) is 5.69 Å². The molecule has 4 N–H and O–H groups in total. The lowest BCUT2D eigenvalue weighted by molar-refractivity contribution is -0.222. The smallest absolute Gasteiger partial charge is 0.245 e. The van der Waals surface area contributed by atoms with Crippen molar-refractivity contribution in [1.82, 2.24) is 0 Å². The van der Waals surface area contributed by atoms with Crippen LogP contribution < -0.4 is 11.1 Å². The fourth-order valence-electron chi connectivity index (χ4n) is 3.91. The Balaban J connectivity index is 0.00000208. The normalized spacial score (nSPS) is 30.5. The first-order chi connectivity index (χ1) is 10.7. The second-order valence-electron chi connectivity index (χ2n) is 6.87. The number of nitrogens with one attached hydrogen (secondary N) is 1. The van der Waals surface area contributed by atoms with Gasteiger partial charge in [-0.1, -0.05) is 37.0 Å². The standard InChI is InChI=1S/C16H20Cl2N2O3.ClH/c1-15(2)13-9(4-3-5-23-13)16(15,19)14(22)20-8-6-10(17)12(21)11(18)7-8;/h6-7,9,13,21H,3-5,19H2,1-2H3,(H,20,22);1H. The number of phenolic OH excluding ortho intramolecular Hbond substituents is 1. The zero-order chi connectivity index (χ0) is 17.0. The van der Waals surface area contributed by atoms with Gasteiger partial charge < -0.3 is 20.9 Å². The molecule has 1 amide bonds. The van der Waals surface area contributed by atoms with Crippen molar-refractivity contribution in [2.24, 2.45) is 17.1 Å².